The van der Waals surface area contributed by atoms with Gasteiger partial charge in [0.25, 0.3) is 5.56 Å². The summed E-state index contributed by atoms with van der Waals surface area (Å²) in [6.45, 7) is 0.0371. The molecule has 0 amide bonds. The zero-order valence-electron chi connectivity index (χ0n) is 9.03. The topological polar surface area (TPSA) is 107 Å². The number of aromatic amines is 1. The number of fused-ring (bicyclic) bond motifs is 1. The highest BCUT2D eigenvalue weighted by Crippen LogP contribution is 2.01. The molecule has 1 N–H and O–H groups in total. The van der Waals surface area contributed by atoms with Gasteiger partial charge in [-0.25, -0.2) is 19.9 Å². The second-order valence-corrected chi connectivity index (χ2v) is 3.56. The van der Waals surface area contributed by atoms with Gasteiger partial charge in [0.15, 0.2) is 5.65 Å². The van der Waals surface area contributed by atoms with Crippen LogP contribution in [0.2, 0.25) is 0 Å². The molecular formula is C10H7N5O3. The van der Waals surface area contributed by atoms with Crippen LogP contribution in [0.15, 0.2) is 38.7 Å². The van der Waals surface area contributed by atoms with Crippen LogP contribution in [0, 0.1) is 0 Å². The van der Waals surface area contributed by atoms with E-state index >= 15 is 0 Å². The Morgan fingerprint density at radius 1 is 1.33 bits per heavy atom. The first-order valence-electron chi connectivity index (χ1n) is 5.08. The van der Waals surface area contributed by atoms with Crippen LogP contribution in [0.25, 0.3) is 11.0 Å². The Morgan fingerprint density at radius 2 is 2.22 bits per heavy atom. The lowest BCUT2D eigenvalue weighted by Gasteiger charge is -2.02. The second kappa shape index (κ2) is 3.91. The SMILES string of the molecule is O=c1[nH]nc(Cn2cnc3ncccc3c2=O)o1. The summed E-state index contributed by atoms with van der Waals surface area (Å²) in [5, 5.41) is 6.15. The van der Waals surface area contributed by atoms with Crippen LogP contribution in [0.5, 0.6) is 0 Å². The first kappa shape index (κ1) is 10.4. The predicted molar refractivity (Wildman–Crippen MR) is 60.0 cm³/mol. The Hall–Kier alpha value is -2.77. The van der Waals surface area contributed by atoms with E-state index in [1.165, 1.54) is 10.9 Å². The van der Waals surface area contributed by atoms with Crippen LogP contribution in [0.4, 0.5) is 0 Å². The van der Waals surface area contributed by atoms with Gasteiger partial charge in [0.1, 0.15) is 12.9 Å². The van der Waals surface area contributed by atoms with Crippen LogP contribution < -0.4 is 11.3 Å². The van der Waals surface area contributed by atoms with Crippen molar-refractivity contribution in [1.82, 2.24) is 24.7 Å². The maximum atomic E-state index is 12.1. The van der Waals surface area contributed by atoms with Crippen molar-refractivity contribution in [1.29, 1.82) is 0 Å². The minimum Gasteiger partial charge on any atom is -0.390 e. The number of pyridine rings is 1. The van der Waals surface area contributed by atoms with Crippen molar-refractivity contribution in [2.75, 3.05) is 0 Å². The van der Waals surface area contributed by atoms with Crippen molar-refractivity contribution in [2.24, 2.45) is 0 Å². The molecule has 0 aliphatic carbocycles. The minimum absolute atomic E-state index is 0.0371. The van der Waals surface area contributed by atoms with E-state index in [2.05, 4.69) is 20.2 Å². The molecule has 0 atom stereocenters. The van der Waals surface area contributed by atoms with E-state index in [-0.39, 0.29) is 18.0 Å². The molecule has 0 aliphatic heterocycles. The van der Waals surface area contributed by atoms with E-state index in [1.807, 2.05) is 0 Å². The average molecular weight is 245 g/mol. The van der Waals surface area contributed by atoms with E-state index in [9.17, 15) is 9.59 Å². The van der Waals surface area contributed by atoms with Gasteiger partial charge < -0.3 is 4.42 Å². The lowest BCUT2D eigenvalue weighted by molar-refractivity contribution is 0.446. The lowest BCUT2D eigenvalue weighted by atomic mass is 10.3. The zero-order valence-corrected chi connectivity index (χ0v) is 9.03. The molecule has 0 unspecified atom stereocenters. The number of nitrogens with one attached hydrogen (secondary N) is 1. The average Bonchev–Trinajstić information content (AvgIpc) is 2.79. The molecule has 0 saturated carbocycles. The zero-order chi connectivity index (χ0) is 12.5. The van der Waals surface area contributed by atoms with Gasteiger partial charge in [-0.15, -0.1) is 5.10 Å². The summed E-state index contributed by atoms with van der Waals surface area (Å²) in [6.07, 6.45) is 2.90. The molecule has 90 valence electrons. The summed E-state index contributed by atoms with van der Waals surface area (Å²) in [6, 6.07) is 3.29. The standard InChI is InChI=1S/C10H7N5O3/c16-9-6-2-1-3-11-8(6)12-5-15(9)4-7-13-14-10(17)18-7/h1-3,5H,4H2,(H,14,17). The second-order valence-electron chi connectivity index (χ2n) is 3.56. The van der Waals surface area contributed by atoms with Gasteiger partial charge in [0, 0.05) is 6.20 Å². The first-order chi connectivity index (χ1) is 8.74. The van der Waals surface area contributed by atoms with Crippen LogP contribution >= 0.6 is 0 Å². The maximum Gasteiger partial charge on any atom is 0.434 e. The normalized spacial score (nSPS) is 10.9. The molecule has 3 heterocycles. The van der Waals surface area contributed by atoms with Gasteiger partial charge in [-0.2, -0.15) is 0 Å². The number of rotatable bonds is 2. The van der Waals surface area contributed by atoms with Gasteiger partial charge in [-0.1, -0.05) is 0 Å². The highest BCUT2D eigenvalue weighted by Gasteiger charge is 2.07. The molecule has 18 heavy (non-hydrogen) atoms. The Kier molecular flexibility index (Phi) is 2.26. The van der Waals surface area contributed by atoms with Crippen molar-refractivity contribution >= 4 is 11.0 Å². The fourth-order valence-corrected chi connectivity index (χ4v) is 1.58. The van der Waals surface area contributed by atoms with Crippen LogP contribution in [-0.4, -0.2) is 24.7 Å². The fourth-order valence-electron chi connectivity index (χ4n) is 1.58. The third kappa shape index (κ3) is 1.69. The highest BCUT2D eigenvalue weighted by molar-refractivity contribution is 5.72. The molecule has 8 nitrogen and oxygen atoms in total. The third-order valence-corrected chi connectivity index (χ3v) is 2.39. The van der Waals surface area contributed by atoms with Crippen molar-refractivity contribution in [3.05, 3.63) is 51.5 Å². The van der Waals surface area contributed by atoms with Gasteiger partial charge >= 0.3 is 5.76 Å². The summed E-state index contributed by atoms with van der Waals surface area (Å²) in [7, 11) is 0. The Morgan fingerprint density at radius 3 is 3.00 bits per heavy atom. The van der Waals surface area contributed by atoms with Crippen molar-refractivity contribution in [2.45, 2.75) is 6.54 Å². The first-order valence-corrected chi connectivity index (χ1v) is 5.08. The Labute approximate surface area is 98.9 Å². The summed E-state index contributed by atoms with van der Waals surface area (Å²) in [5.74, 6) is -0.541. The number of H-pyrrole nitrogens is 1. The summed E-state index contributed by atoms with van der Waals surface area (Å²) in [4.78, 5) is 30.9. The van der Waals surface area contributed by atoms with Gasteiger partial charge in [-0.05, 0) is 12.1 Å². The monoisotopic (exact) mass is 245 g/mol. The van der Waals surface area contributed by atoms with E-state index < -0.39 is 5.76 Å². The quantitative estimate of drug-likeness (QED) is 0.653. The molecule has 0 spiro atoms. The minimum atomic E-state index is -0.659. The number of nitrogens with zero attached hydrogens (tertiary/aromatic N) is 4. The summed E-state index contributed by atoms with van der Waals surface area (Å²) in [5.41, 5.74) is 0.112. The van der Waals surface area contributed by atoms with E-state index in [0.29, 0.717) is 11.0 Å². The van der Waals surface area contributed by atoms with Crippen LogP contribution in [-0.2, 0) is 6.54 Å². The number of hydrogen-bond acceptors (Lipinski definition) is 6. The van der Waals surface area contributed by atoms with Crippen LogP contribution in [0.1, 0.15) is 5.89 Å². The van der Waals surface area contributed by atoms with E-state index in [1.54, 1.807) is 18.3 Å². The largest absolute Gasteiger partial charge is 0.434 e. The number of aromatic nitrogens is 5. The van der Waals surface area contributed by atoms with E-state index in [4.69, 9.17) is 4.42 Å². The van der Waals surface area contributed by atoms with Gasteiger partial charge in [0.05, 0.1) is 5.39 Å². The van der Waals surface area contributed by atoms with Crippen molar-refractivity contribution < 1.29 is 4.42 Å². The molecule has 0 aliphatic rings. The van der Waals surface area contributed by atoms with Crippen molar-refractivity contribution in [3.8, 4) is 0 Å². The Balaban J connectivity index is 2.10. The lowest BCUT2D eigenvalue weighted by Crippen LogP contribution is -2.21. The van der Waals surface area contributed by atoms with Crippen molar-refractivity contribution in [3.63, 3.8) is 0 Å². The molecule has 0 radical (unpaired) electrons. The molecule has 3 aromatic heterocycles. The maximum absolute atomic E-state index is 12.1. The smallest absolute Gasteiger partial charge is 0.390 e. The molecular weight excluding hydrogens is 238 g/mol. The highest BCUT2D eigenvalue weighted by atomic mass is 16.4. The molecule has 0 aromatic carbocycles. The van der Waals surface area contributed by atoms with Gasteiger partial charge in [-0.3, -0.25) is 9.36 Å². The predicted octanol–water partition coefficient (Wildman–Crippen LogP) is -0.484. The number of hydrogen-bond donors (Lipinski definition) is 1. The summed E-state index contributed by atoms with van der Waals surface area (Å²) >= 11 is 0. The van der Waals surface area contributed by atoms with Gasteiger partial charge in [0.2, 0.25) is 5.89 Å². The van der Waals surface area contributed by atoms with E-state index in [0.717, 1.165) is 0 Å². The fraction of sp³-hybridized carbons (Fsp3) is 0.100. The molecule has 3 rings (SSSR count). The Bertz CT molecular complexity index is 816. The molecule has 3 aromatic rings. The van der Waals surface area contributed by atoms with Crippen LogP contribution in [0.3, 0.4) is 0 Å². The third-order valence-electron chi connectivity index (χ3n) is 2.39. The molecule has 0 saturated heterocycles. The summed E-state index contributed by atoms with van der Waals surface area (Å²) < 4.78 is 6.02. The molecule has 0 fully saturated rings. The molecule has 8 heteroatoms. The molecule has 0 bridgehead atoms.